The zero-order valence-corrected chi connectivity index (χ0v) is 18.1. The summed E-state index contributed by atoms with van der Waals surface area (Å²) in [7, 11) is -3.93. The number of benzene rings is 1. The summed E-state index contributed by atoms with van der Waals surface area (Å²) in [5, 5.41) is 5.88. The van der Waals surface area contributed by atoms with Gasteiger partial charge in [-0.1, -0.05) is 6.42 Å². The average Bonchev–Trinajstić information content (AvgIpc) is 3.13. The largest absolute Gasteiger partial charge is 0.352 e. The van der Waals surface area contributed by atoms with Crippen LogP contribution in [0.15, 0.2) is 28.5 Å². The van der Waals surface area contributed by atoms with Gasteiger partial charge in [0.15, 0.2) is 0 Å². The summed E-state index contributed by atoms with van der Waals surface area (Å²) in [6.07, 6.45) is 5.04. The van der Waals surface area contributed by atoms with Crippen LogP contribution in [0.3, 0.4) is 0 Å². The molecule has 29 heavy (non-hydrogen) atoms. The van der Waals surface area contributed by atoms with E-state index in [0.29, 0.717) is 19.6 Å². The van der Waals surface area contributed by atoms with Crippen LogP contribution in [-0.2, 0) is 16.4 Å². The van der Waals surface area contributed by atoms with Crippen molar-refractivity contribution in [2.45, 2.75) is 50.3 Å². The highest BCUT2D eigenvalue weighted by atomic mass is 32.2. The van der Waals surface area contributed by atoms with Crippen molar-refractivity contribution in [2.24, 2.45) is 0 Å². The number of hydrogen-bond acceptors (Lipinski definition) is 5. The van der Waals surface area contributed by atoms with Gasteiger partial charge in [-0.25, -0.2) is 17.8 Å². The molecule has 1 aliphatic rings. The highest BCUT2D eigenvalue weighted by Crippen LogP contribution is 2.24. The molecule has 0 spiro atoms. The van der Waals surface area contributed by atoms with E-state index in [9.17, 15) is 17.6 Å². The Morgan fingerprint density at radius 3 is 2.69 bits per heavy atom. The van der Waals surface area contributed by atoms with Crippen molar-refractivity contribution in [2.75, 3.05) is 19.6 Å². The zero-order chi connectivity index (χ0) is 20.9. The minimum absolute atomic E-state index is 0.150. The van der Waals surface area contributed by atoms with Gasteiger partial charge in [0.05, 0.1) is 5.01 Å². The lowest BCUT2D eigenvalue weighted by Gasteiger charge is -2.26. The zero-order valence-electron chi connectivity index (χ0n) is 16.5. The van der Waals surface area contributed by atoms with Crippen LogP contribution in [-0.4, -0.2) is 43.2 Å². The van der Waals surface area contributed by atoms with Gasteiger partial charge in [-0.15, -0.1) is 11.3 Å². The lowest BCUT2D eigenvalue weighted by atomic mass is 10.2. The molecule has 158 valence electrons. The molecule has 1 N–H and O–H groups in total. The molecule has 0 bridgehead atoms. The predicted octanol–water partition coefficient (Wildman–Crippen LogP) is 3.52. The number of unbranched alkanes of at least 4 members (excludes halogenated alkanes) is 1. The molecule has 1 amide bonds. The molecular weight excluding hydrogens is 413 g/mol. The van der Waals surface area contributed by atoms with Crippen LogP contribution in [0.2, 0.25) is 0 Å². The normalized spacial score (nSPS) is 15.4. The fraction of sp³-hybridized carbons (Fsp3) is 0.500. The van der Waals surface area contributed by atoms with Crippen molar-refractivity contribution >= 4 is 27.3 Å². The molecule has 0 radical (unpaired) electrons. The third-order valence-corrected chi connectivity index (χ3v) is 7.84. The molecular formula is C20H26FN3O3S2. The highest BCUT2D eigenvalue weighted by Gasteiger charge is 2.29. The van der Waals surface area contributed by atoms with E-state index >= 15 is 0 Å². The van der Waals surface area contributed by atoms with Crippen molar-refractivity contribution in [3.05, 3.63) is 45.7 Å². The maximum atomic E-state index is 14.3. The highest BCUT2D eigenvalue weighted by molar-refractivity contribution is 7.89. The summed E-state index contributed by atoms with van der Waals surface area (Å²) in [5.74, 6) is -1.23. The number of amides is 1. The first kappa shape index (κ1) is 21.9. The first-order chi connectivity index (χ1) is 13.9. The average molecular weight is 440 g/mol. The van der Waals surface area contributed by atoms with Crippen LogP contribution in [0.5, 0.6) is 0 Å². The van der Waals surface area contributed by atoms with Crippen molar-refractivity contribution in [1.82, 2.24) is 14.6 Å². The van der Waals surface area contributed by atoms with E-state index in [1.54, 1.807) is 11.3 Å². The molecule has 3 rings (SSSR count). The van der Waals surface area contributed by atoms with E-state index in [1.807, 2.05) is 12.3 Å². The van der Waals surface area contributed by atoms with Crippen molar-refractivity contribution < 1.29 is 17.6 Å². The fourth-order valence-corrected chi connectivity index (χ4v) is 5.73. The number of sulfonamides is 1. The molecule has 9 heteroatoms. The maximum absolute atomic E-state index is 14.3. The van der Waals surface area contributed by atoms with Crippen molar-refractivity contribution in [3.63, 3.8) is 0 Å². The number of nitrogens with zero attached hydrogens (tertiary/aromatic N) is 2. The Bertz CT molecular complexity index is 954. The van der Waals surface area contributed by atoms with E-state index in [0.717, 1.165) is 61.4 Å². The molecule has 2 aromatic rings. The summed E-state index contributed by atoms with van der Waals surface area (Å²) in [6, 6.07) is 3.52. The number of carbonyl (C=O) groups is 1. The van der Waals surface area contributed by atoms with E-state index in [1.165, 1.54) is 10.4 Å². The maximum Gasteiger partial charge on any atom is 0.251 e. The molecule has 0 saturated carbocycles. The van der Waals surface area contributed by atoms with Crippen LogP contribution in [0.1, 0.15) is 53.2 Å². The molecule has 1 aromatic heterocycles. The monoisotopic (exact) mass is 439 g/mol. The number of halogens is 1. The Kier molecular flexibility index (Phi) is 7.37. The number of thiazole rings is 1. The summed E-state index contributed by atoms with van der Waals surface area (Å²) >= 11 is 1.63. The van der Waals surface area contributed by atoms with Gasteiger partial charge >= 0.3 is 0 Å². The fourth-order valence-electron chi connectivity index (χ4n) is 3.31. The Hall–Kier alpha value is -1.84. The smallest absolute Gasteiger partial charge is 0.251 e. The van der Waals surface area contributed by atoms with Crippen LogP contribution in [0, 0.1) is 12.7 Å². The van der Waals surface area contributed by atoms with Gasteiger partial charge in [0.25, 0.3) is 5.91 Å². The van der Waals surface area contributed by atoms with Gasteiger partial charge in [-0.2, -0.15) is 4.31 Å². The summed E-state index contributed by atoms with van der Waals surface area (Å²) in [6.45, 7) is 3.20. The Balaban J connectivity index is 1.57. The number of aromatic nitrogens is 1. The summed E-state index contributed by atoms with van der Waals surface area (Å²) in [4.78, 5) is 16.4. The first-order valence-corrected chi connectivity index (χ1v) is 12.2. The Morgan fingerprint density at radius 2 is 2.00 bits per heavy atom. The van der Waals surface area contributed by atoms with Crippen LogP contribution < -0.4 is 5.32 Å². The van der Waals surface area contributed by atoms with Crippen LogP contribution in [0.4, 0.5) is 4.39 Å². The van der Waals surface area contributed by atoms with Gasteiger partial charge in [-0.3, -0.25) is 4.79 Å². The molecule has 2 heterocycles. The topological polar surface area (TPSA) is 79.4 Å². The van der Waals surface area contributed by atoms with E-state index in [-0.39, 0.29) is 5.56 Å². The van der Waals surface area contributed by atoms with Gasteiger partial charge in [0.2, 0.25) is 10.0 Å². The predicted molar refractivity (Wildman–Crippen MR) is 111 cm³/mol. The van der Waals surface area contributed by atoms with E-state index in [4.69, 9.17) is 0 Å². The standard InChI is InChI=1S/C20H26FN3O3S2/c1-15-14-28-19(23-15)7-3-4-10-22-20(25)16-8-9-17(21)18(13-16)29(26,27)24-11-5-2-6-12-24/h8-9,13-14H,2-7,10-12H2,1H3,(H,22,25). The number of piperidine rings is 1. The van der Waals surface area contributed by atoms with Crippen molar-refractivity contribution in [1.29, 1.82) is 0 Å². The second-order valence-corrected chi connectivity index (χ2v) is 10.1. The van der Waals surface area contributed by atoms with Gasteiger partial charge in [0.1, 0.15) is 10.7 Å². The third kappa shape index (κ3) is 5.61. The summed E-state index contributed by atoms with van der Waals surface area (Å²) in [5.41, 5.74) is 1.17. The van der Waals surface area contributed by atoms with E-state index in [2.05, 4.69) is 10.3 Å². The molecule has 1 aromatic carbocycles. The first-order valence-electron chi connectivity index (χ1n) is 9.87. The van der Waals surface area contributed by atoms with Crippen LogP contribution >= 0.6 is 11.3 Å². The molecule has 1 saturated heterocycles. The quantitative estimate of drug-likeness (QED) is 0.639. The molecule has 6 nitrogen and oxygen atoms in total. The summed E-state index contributed by atoms with van der Waals surface area (Å²) < 4.78 is 41.1. The second kappa shape index (κ2) is 9.77. The number of rotatable bonds is 8. The number of carbonyl (C=O) groups excluding carboxylic acids is 1. The van der Waals surface area contributed by atoms with E-state index < -0.39 is 26.6 Å². The Morgan fingerprint density at radius 1 is 1.24 bits per heavy atom. The van der Waals surface area contributed by atoms with Crippen molar-refractivity contribution in [3.8, 4) is 0 Å². The minimum Gasteiger partial charge on any atom is -0.352 e. The SMILES string of the molecule is Cc1csc(CCCCNC(=O)c2ccc(F)c(S(=O)(=O)N3CCCCC3)c2)n1. The molecule has 1 fully saturated rings. The molecule has 1 aliphatic heterocycles. The van der Waals surface area contributed by atoms with Gasteiger partial charge in [0, 0.05) is 36.3 Å². The number of nitrogens with one attached hydrogen (secondary N) is 1. The molecule has 0 unspecified atom stereocenters. The third-order valence-electron chi connectivity index (χ3n) is 4.90. The van der Waals surface area contributed by atoms with Crippen LogP contribution in [0.25, 0.3) is 0 Å². The molecule has 0 atom stereocenters. The lowest BCUT2D eigenvalue weighted by Crippen LogP contribution is -2.36. The van der Waals surface area contributed by atoms with Gasteiger partial charge in [-0.05, 0) is 57.2 Å². The lowest BCUT2D eigenvalue weighted by molar-refractivity contribution is 0.0952. The molecule has 0 aliphatic carbocycles. The number of aryl methyl sites for hydroxylation is 2. The Labute approximate surface area is 175 Å². The minimum atomic E-state index is -3.93. The van der Waals surface area contributed by atoms with Gasteiger partial charge < -0.3 is 5.32 Å². The number of hydrogen-bond donors (Lipinski definition) is 1. The second-order valence-electron chi connectivity index (χ2n) is 7.21.